The fourth-order valence-corrected chi connectivity index (χ4v) is 4.06. The van der Waals surface area contributed by atoms with Crippen molar-refractivity contribution in [2.24, 2.45) is 4.99 Å². The average molecular weight is 389 g/mol. The van der Waals surface area contributed by atoms with Crippen molar-refractivity contribution in [1.29, 1.82) is 0 Å². The van der Waals surface area contributed by atoms with Crippen molar-refractivity contribution in [3.8, 4) is 11.3 Å². The van der Waals surface area contributed by atoms with Crippen molar-refractivity contribution in [2.45, 2.75) is 39.8 Å². The summed E-state index contributed by atoms with van der Waals surface area (Å²) < 4.78 is 0. The summed E-state index contributed by atoms with van der Waals surface area (Å²) in [5, 5.41) is 3.53. The van der Waals surface area contributed by atoms with Crippen LogP contribution in [0.1, 0.15) is 31.9 Å². The van der Waals surface area contributed by atoms with E-state index in [0.717, 1.165) is 41.3 Å². The minimum Gasteiger partial charge on any atom is -0.366 e. The van der Waals surface area contributed by atoms with Gasteiger partial charge in [0.15, 0.2) is 0 Å². The summed E-state index contributed by atoms with van der Waals surface area (Å²) in [6.07, 6.45) is 0. The first-order valence-corrected chi connectivity index (χ1v) is 10.2. The van der Waals surface area contributed by atoms with E-state index in [1.165, 1.54) is 5.69 Å². The van der Waals surface area contributed by atoms with Gasteiger partial charge in [0.05, 0.1) is 17.0 Å². The summed E-state index contributed by atoms with van der Waals surface area (Å²) in [4.78, 5) is 22.9. The van der Waals surface area contributed by atoms with E-state index < -0.39 is 0 Å². The zero-order valence-corrected chi connectivity index (χ0v) is 17.5. The number of aromatic amines is 1. The maximum absolute atomic E-state index is 12.6. The van der Waals surface area contributed by atoms with E-state index in [-0.39, 0.29) is 5.56 Å². The molecule has 0 spiro atoms. The zero-order valence-electron chi connectivity index (χ0n) is 17.5. The number of aromatic nitrogens is 1. The van der Waals surface area contributed by atoms with Crippen LogP contribution in [0.2, 0.25) is 0 Å². The van der Waals surface area contributed by atoms with E-state index in [0.29, 0.717) is 17.6 Å². The molecule has 1 unspecified atom stereocenters. The third-order valence-electron chi connectivity index (χ3n) is 5.72. The molecule has 0 bridgehead atoms. The van der Waals surface area contributed by atoms with Crippen LogP contribution in [0.3, 0.4) is 0 Å². The third-order valence-corrected chi connectivity index (χ3v) is 5.72. The van der Waals surface area contributed by atoms with Crippen molar-refractivity contribution in [3.05, 3.63) is 70.0 Å². The molecule has 2 heterocycles. The molecule has 5 nitrogen and oxygen atoms in total. The van der Waals surface area contributed by atoms with E-state index >= 15 is 0 Å². The molecule has 0 radical (unpaired) electrons. The Kier molecular flexibility index (Phi) is 5.24. The molecule has 5 heteroatoms. The molecular weight excluding hydrogens is 360 g/mol. The number of aliphatic imine (C=N–C) groups is 1. The molecule has 0 aromatic heterocycles. The van der Waals surface area contributed by atoms with Gasteiger partial charge in [0.1, 0.15) is 0 Å². The fourth-order valence-electron chi connectivity index (χ4n) is 4.06. The van der Waals surface area contributed by atoms with Gasteiger partial charge in [-0.3, -0.25) is 9.79 Å². The van der Waals surface area contributed by atoms with Crippen LogP contribution in [0.5, 0.6) is 0 Å². The minimum absolute atomic E-state index is 0.0918. The predicted octanol–water partition coefficient (Wildman–Crippen LogP) is 4.12. The molecule has 1 aliphatic carbocycles. The number of rotatable bonds is 3. The van der Waals surface area contributed by atoms with Crippen LogP contribution in [0.25, 0.3) is 11.3 Å². The molecule has 2 atom stereocenters. The van der Waals surface area contributed by atoms with Gasteiger partial charge < -0.3 is 15.2 Å². The second-order valence-electron chi connectivity index (χ2n) is 8.05. The number of piperazine rings is 1. The Hall–Kier alpha value is -2.92. The van der Waals surface area contributed by atoms with Crippen molar-refractivity contribution >= 4 is 17.1 Å². The number of aryl methyl sites for hydroxylation is 1. The Morgan fingerprint density at radius 2 is 1.93 bits per heavy atom. The molecule has 0 amide bonds. The number of hydrogen-bond donors (Lipinski definition) is 2. The first kappa shape index (κ1) is 19.4. The Morgan fingerprint density at radius 1 is 1.14 bits per heavy atom. The van der Waals surface area contributed by atoms with Gasteiger partial charge in [-0.25, -0.2) is 0 Å². The number of nitrogens with zero attached hydrogens (tertiary/aromatic N) is 2. The second-order valence-corrected chi connectivity index (χ2v) is 8.05. The van der Waals surface area contributed by atoms with Gasteiger partial charge in [0, 0.05) is 42.1 Å². The molecule has 1 aromatic carbocycles. The van der Waals surface area contributed by atoms with Crippen LogP contribution >= 0.6 is 0 Å². The van der Waals surface area contributed by atoms with Crippen molar-refractivity contribution in [2.75, 3.05) is 18.0 Å². The fraction of sp³-hybridized carbons (Fsp3) is 0.333. The van der Waals surface area contributed by atoms with E-state index in [2.05, 4.69) is 54.2 Å². The van der Waals surface area contributed by atoms with Crippen LogP contribution in [-0.4, -0.2) is 35.9 Å². The van der Waals surface area contributed by atoms with Crippen molar-refractivity contribution in [3.63, 3.8) is 0 Å². The van der Waals surface area contributed by atoms with Crippen LogP contribution in [0.15, 0.2) is 58.3 Å². The molecule has 1 saturated heterocycles. The van der Waals surface area contributed by atoms with Crippen molar-refractivity contribution in [1.82, 2.24) is 10.3 Å². The molecule has 1 fully saturated rings. The maximum Gasteiger partial charge on any atom is 0.258 e. The maximum atomic E-state index is 12.6. The summed E-state index contributed by atoms with van der Waals surface area (Å²) in [6, 6.07) is 17.0. The number of anilines is 1. The zero-order chi connectivity index (χ0) is 20.5. The summed E-state index contributed by atoms with van der Waals surface area (Å²) >= 11 is 0. The summed E-state index contributed by atoms with van der Waals surface area (Å²) in [5.74, 6) is 0. The molecule has 2 aliphatic heterocycles. The quantitative estimate of drug-likeness (QED) is 0.664. The molecular formula is C24H28N4O. The Balaban J connectivity index is 1.74. The lowest BCUT2D eigenvalue weighted by atomic mass is 10.1. The Bertz CT molecular complexity index is 1080. The largest absolute Gasteiger partial charge is 0.366 e. The molecule has 29 heavy (non-hydrogen) atoms. The highest BCUT2D eigenvalue weighted by molar-refractivity contribution is 6.05. The highest BCUT2D eigenvalue weighted by atomic mass is 16.1. The van der Waals surface area contributed by atoms with Crippen LogP contribution in [0.4, 0.5) is 11.4 Å². The molecule has 3 aliphatic rings. The summed E-state index contributed by atoms with van der Waals surface area (Å²) in [5.41, 5.74) is 6.20. The minimum atomic E-state index is -0.0918. The molecule has 4 rings (SSSR count). The molecule has 150 valence electrons. The van der Waals surface area contributed by atoms with E-state index in [1.807, 2.05) is 37.3 Å². The normalized spacial score (nSPS) is 20.3. The average Bonchev–Trinajstić information content (AvgIpc) is 2.84. The molecule has 2 N–H and O–H groups in total. The SMILES string of the molecule is CC(=Nc1cc(N2CC(C)NC[C@@H]2C)ccc1C)c1c2cccccc-2[nH]c1=O. The number of hydrogen-bond acceptors (Lipinski definition) is 4. The van der Waals surface area contributed by atoms with E-state index in [1.54, 1.807) is 0 Å². The Morgan fingerprint density at radius 3 is 2.76 bits per heavy atom. The number of benzene rings is 1. The van der Waals surface area contributed by atoms with Gasteiger partial charge in [0.2, 0.25) is 0 Å². The summed E-state index contributed by atoms with van der Waals surface area (Å²) in [7, 11) is 0. The topological polar surface area (TPSA) is 60.5 Å². The molecule has 1 aromatic rings. The molecule has 0 saturated carbocycles. The van der Waals surface area contributed by atoms with E-state index in [4.69, 9.17) is 4.99 Å². The van der Waals surface area contributed by atoms with Gasteiger partial charge in [-0.1, -0.05) is 30.3 Å². The van der Waals surface area contributed by atoms with Crippen LogP contribution in [0, 0.1) is 6.92 Å². The van der Waals surface area contributed by atoms with E-state index in [9.17, 15) is 4.79 Å². The lowest BCUT2D eigenvalue weighted by molar-refractivity contribution is 0.425. The monoisotopic (exact) mass is 388 g/mol. The second kappa shape index (κ2) is 7.84. The van der Waals surface area contributed by atoms with Crippen LogP contribution in [-0.2, 0) is 0 Å². The Labute approximate surface area is 171 Å². The first-order valence-electron chi connectivity index (χ1n) is 10.2. The van der Waals surface area contributed by atoms with Gasteiger partial charge in [0.25, 0.3) is 5.56 Å². The highest BCUT2D eigenvalue weighted by Gasteiger charge is 2.23. The standard InChI is InChI=1S/C24H28N4O/c1-15-10-11-19(28-14-16(2)25-13-17(28)3)12-22(15)26-18(4)23-20-8-6-5-7-9-21(20)27-24(23)29/h5-12,16-17,25H,13-14H2,1-4H3,(H,27,29)/t16?,17-/m0/s1. The lowest BCUT2D eigenvalue weighted by Crippen LogP contribution is -2.54. The van der Waals surface area contributed by atoms with Gasteiger partial charge in [-0.05, 0) is 51.5 Å². The predicted molar refractivity (Wildman–Crippen MR) is 121 cm³/mol. The van der Waals surface area contributed by atoms with Gasteiger partial charge in [-0.15, -0.1) is 0 Å². The smallest absolute Gasteiger partial charge is 0.258 e. The lowest BCUT2D eigenvalue weighted by Gasteiger charge is -2.39. The van der Waals surface area contributed by atoms with Crippen molar-refractivity contribution < 1.29 is 0 Å². The highest BCUT2D eigenvalue weighted by Crippen LogP contribution is 2.29. The van der Waals surface area contributed by atoms with Gasteiger partial charge in [-0.2, -0.15) is 0 Å². The summed E-state index contributed by atoms with van der Waals surface area (Å²) in [6.45, 7) is 10.4. The van der Waals surface area contributed by atoms with Crippen LogP contribution < -0.4 is 15.8 Å². The number of fused-ring (bicyclic) bond motifs is 1. The van der Waals surface area contributed by atoms with Gasteiger partial charge >= 0.3 is 0 Å². The number of H-pyrrole nitrogens is 1. The number of nitrogens with one attached hydrogen (secondary N) is 2. The first-order chi connectivity index (χ1) is 13.9. The third kappa shape index (κ3) is 3.83.